The van der Waals surface area contributed by atoms with Gasteiger partial charge in [0.15, 0.2) is 0 Å². The molecule has 3 rings (SSSR count). The largest absolute Gasteiger partial charge is 0.241 e. The molecule has 20 heavy (non-hydrogen) atoms. The van der Waals surface area contributed by atoms with Crippen LogP contribution in [0, 0.1) is 19.3 Å². The molecule has 4 nitrogen and oxygen atoms in total. The first-order valence-corrected chi connectivity index (χ1v) is 7.52. The lowest BCUT2D eigenvalue weighted by Crippen LogP contribution is -2.32. The number of nitrogens with zero attached hydrogens (tertiary/aromatic N) is 4. The van der Waals surface area contributed by atoms with Gasteiger partial charge in [-0.2, -0.15) is 10.2 Å². The Bertz CT molecular complexity index is 580. The van der Waals surface area contributed by atoms with Crippen LogP contribution in [0.1, 0.15) is 56.1 Å². The molecule has 4 heteroatoms. The van der Waals surface area contributed by atoms with Gasteiger partial charge in [-0.3, -0.25) is 0 Å². The summed E-state index contributed by atoms with van der Waals surface area (Å²) in [6.45, 7) is 6.95. The highest BCUT2D eigenvalue weighted by molar-refractivity contribution is 5.73. The molecule has 0 aromatic carbocycles. The molecule has 2 aliphatic rings. The average Bonchev–Trinajstić information content (AvgIpc) is 2.43. The maximum atomic E-state index is 4.73. The topological polar surface area (TPSA) is 50.5 Å². The van der Waals surface area contributed by atoms with Gasteiger partial charge in [-0.05, 0) is 39.2 Å². The Morgan fingerprint density at radius 3 is 2.55 bits per heavy atom. The first kappa shape index (κ1) is 13.4. The van der Waals surface area contributed by atoms with Gasteiger partial charge >= 0.3 is 0 Å². The van der Waals surface area contributed by atoms with Crippen LogP contribution in [0.5, 0.6) is 0 Å². The molecule has 0 bridgehead atoms. The highest BCUT2D eigenvalue weighted by atomic mass is 15.1. The lowest BCUT2D eigenvalue weighted by atomic mass is 9.66. The predicted molar refractivity (Wildman–Crippen MR) is 79.3 cm³/mol. The Morgan fingerprint density at radius 2 is 1.80 bits per heavy atom. The Morgan fingerprint density at radius 1 is 1.05 bits per heavy atom. The van der Waals surface area contributed by atoms with Crippen molar-refractivity contribution in [2.24, 2.45) is 15.6 Å². The molecule has 1 spiro atoms. The summed E-state index contributed by atoms with van der Waals surface area (Å²) < 4.78 is 0. The van der Waals surface area contributed by atoms with Crippen LogP contribution in [0.25, 0.3) is 5.57 Å². The molecule has 0 atom stereocenters. The van der Waals surface area contributed by atoms with Gasteiger partial charge in [0.1, 0.15) is 5.82 Å². The minimum Gasteiger partial charge on any atom is -0.241 e. The van der Waals surface area contributed by atoms with Crippen molar-refractivity contribution in [2.45, 2.75) is 52.9 Å². The Hall–Kier alpha value is -1.58. The summed E-state index contributed by atoms with van der Waals surface area (Å²) in [5, 5.41) is 8.74. The highest BCUT2D eigenvalue weighted by Crippen LogP contribution is 2.50. The summed E-state index contributed by atoms with van der Waals surface area (Å²) in [6.07, 6.45) is 8.26. The lowest BCUT2D eigenvalue weighted by molar-refractivity contribution is 0.270. The summed E-state index contributed by atoms with van der Waals surface area (Å²) in [6, 6.07) is 0. The number of aromatic nitrogens is 2. The highest BCUT2D eigenvalue weighted by Gasteiger charge is 2.40. The third kappa shape index (κ3) is 2.17. The monoisotopic (exact) mass is 270 g/mol. The van der Waals surface area contributed by atoms with Crippen molar-refractivity contribution in [3.05, 3.63) is 29.0 Å². The second-order valence-electron chi connectivity index (χ2n) is 6.15. The molecule has 1 aromatic heterocycles. The molecule has 0 amide bonds. The third-order valence-corrected chi connectivity index (χ3v) is 4.63. The second-order valence-corrected chi connectivity index (χ2v) is 6.15. The van der Waals surface area contributed by atoms with Crippen molar-refractivity contribution < 1.29 is 0 Å². The number of azo groups is 1. The molecule has 2 heterocycles. The van der Waals surface area contributed by atoms with E-state index in [1.54, 1.807) is 0 Å². The smallest absolute Gasteiger partial charge is 0.125 e. The third-order valence-electron chi connectivity index (χ3n) is 4.63. The minimum atomic E-state index is 0.162. The van der Waals surface area contributed by atoms with Crippen LogP contribution in [0.3, 0.4) is 0 Å². The predicted octanol–water partition coefficient (Wildman–Crippen LogP) is 4.24. The molecule has 0 radical (unpaired) electrons. The van der Waals surface area contributed by atoms with Crippen LogP contribution in [0.2, 0.25) is 0 Å². The van der Waals surface area contributed by atoms with E-state index in [0.717, 1.165) is 29.3 Å². The number of hydrogen-bond donors (Lipinski definition) is 0. The van der Waals surface area contributed by atoms with Crippen LogP contribution in [0.15, 0.2) is 22.1 Å². The number of aryl methyl sites for hydroxylation is 2. The zero-order valence-corrected chi connectivity index (χ0v) is 12.6. The fourth-order valence-electron chi connectivity index (χ4n) is 3.63. The van der Waals surface area contributed by atoms with Gasteiger partial charge in [0.05, 0.1) is 17.9 Å². The van der Waals surface area contributed by atoms with Crippen molar-refractivity contribution in [3.63, 3.8) is 0 Å². The standard InChI is InChI=1S/C16H22N4/c1-11-9-17-13(3)19-15(11)14-12(2)20-18-10-16(14)7-5-4-6-8-16/h9H,4-8,10H2,1-3H3. The van der Waals surface area contributed by atoms with Gasteiger partial charge in [-0.1, -0.05) is 19.3 Å². The molecular formula is C16H22N4. The van der Waals surface area contributed by atoms with Crippen LogP contribution < -0.4 is 0 Å². The summed E-state index contributed by atoms with van der Waals surface area (Å²) >= 11 is 0. The van der Waals surface area contributed by atoms with Crippen molar-refractivity contribution in [2.75, 3.05) is 6.54 Å². The maximum Gasteiger partial charge on any atom is 0.125 e. The summed E-state index contributed by atoms with van der Waals surface area (Å²) in [5.41, 5.74) is 4.77. The first-order chi connectivity index (χ1) is 9.62. The van der Waals surface area contributed by atoms with E-state index in [1.165, 1.54) is 37.7 Å². The van der Waals surface area contributed by atoms with Gasteiger partial charge in [-0.25, -0.2) is 9.97 Å². The molecule has 0 N–H and O–H groups in total. The molecule has 1 aromatic rings. The average molecular weight is 270 g/mol. The van der Waals surface area contributed by atoms with E-state index >= 15 is 0 Å². The first-order valence-electron chi connectivity index (χ1n) is 7.52. The fourth-order valence-corrected chi connectivity index (χ4v) is 3.63. The maximum absolute atomic E-state index is 4.73. The fraction of sp³-hybridized carbons (Fsp3) is 0.625. The van der Waals surface area contributed by atoms with Crippen LogP contribution in [-0.4, -0.2) is 16.5 Å². The molecule has 1 fully saturated rings. The van der Waals surface area contributed by atoms with Crippen molar-refractivity contribution in [1.82, 2.24) is 9.97 Å². The molecule has 1 aliphatic carbocycles. The van der Waals surface area contributed by atoms with Crippen molar-refractivity contribution in [1.29, 1.82) is 0 Å². The van der Waals surface area contributed by atoms with E-state index in [2.05, 4.69) is 29.1 Å². The van der Waals surface area contributed by atoms with Gasteiger partial charge in [-0.15, -0.1) is 0 Å². The van der Waals surface area contributed by atoms with E-state index in [0.29, 0.717) is 0 Å². The van der Waals surface area contributed by atoms with Gasteiger partial charge in [0.2, 0.25) is 0 Å². The summed E-state index contributed by atoms with van der Waals surface area (Å²) in [5.74, 6) is 0.833. The molecule has 106 valence electrons. The van der Waals surface area contributed by atoms with Crippen LogP contribution in [-0.2, 0) is 0 Å². The van der Waals surface area contributed by atoms with Gasteiger partial charge in [0, 0.05) is 17.2 Å². The summed E-state index contributed by atoms with van der Waals surface area (Å²) in [7, 11) is 0. The van der Waals surface area contributed by atoms with E-state index in [1.807, 2.05) is 13.1 Å². The van der Waals surface area contributed by atoms with Crippen LogP contribution >= 0.6 is 0 Å². The molecule has 1 saturated carbocycles. The molecule has 0 unspecified atom stereocenters. The molecule has 0 saturated heterocycles. The normalized spacial score (nSPS) is 21.6. The van der Waals surface area contributed by atoms with E-state index in [4.69, 9.17) is 4.98 Å². The zero-order valence-electron chi connectivity index (χ0n) is 12.6. The van der Waals surface area contributed by atoms with E-state index in [9.17, 15) is 0 Å². The Labute approximate surface area is 120 Å². The SMILES string of the molecule is CC1=C(c2nc(C)ncc2C)C2(CCCCC2)CN=N1. The molecular weight excluding hydrogens is 248 g/mol. The molecule has 1 aliphatic heterocycles. The van der Waals surface area contributed by atoms with Gasteiger partial charge < -0.3 is 0 Å². The van der Waals surface area contributed by atoms with E-state index < -0.39 is 0 Å². The second kappa shape index (κ2) is 5.08. The summed E-state index contributed by atoms with van der Waals surface area (Å²) in [4.78, 5) is 9.03. The van der Waals surface area contributed by atoms with Crippen molar-refractivity contribution in [3.8, 4) is 0 Å². The van der Waals surface area contributed by atoms with E-state index in [-0.39, 0.29) is 5.41 Å². The number of hydrogen-bond acceptors (Lipinski definition) is 4. The number of allylic oxidation sites excluding steroid dienone is 1. The Kier molecular flexibility index (Phi) is 3.40. The van der Waals surface area contributed by atoms with Crippen LogP contribution in [0.4, 0.5) is 0 Å². The zero-order chi connectivity index (χ0) is 14.2. The van der Waals surface area contributed by atoms with Gasteiger partial charge in [0.25, 0.3) is 0 Å². The minimum absolute atomic E-state index is 0.162. The Balaban J connectivity index is 2.15. The lowest BCUT2D eigenvalue weighted by Gasteiger charge is -2.40. The number of rotatable bonds is 1. The quantitative estimate of drug-likeness (QED) is 0.766. The van der Waals surface area contributed by atoms with Crippen molar-refractivity contribution >= 4 is 5.57 Å².